The highest BCUT2D eigenvalue weighted by molar-refractivity contribution is 7.90. The standard InChI is InChI=1S/C20H17ClN2O5S/c1-13(24)22-15-7-8-18(17(21)11-15)23-20(25)19-14(9-10-28-19)12-29(26,27)16-5-3-2-4-6-16/h2-11H,12H2,1H3,(H,22,24)(H,23,25). The monoisotopic (exact) mass is 432 g/mol. The molecular weight excluding hydrogens is 416 g/mol. The maximum Gasteiger partial charge on any atom is 0.291 e. The Balaban J connectivity index is 1.78. The molecule has 0 atom stereocenters. The van der Waals surface area contributed by atoms with Gasteiger partial charge < -0.3 is 15.1 Å². The van der Waals surface area contributed by atoms with Crippen molar-refractivity contribution in [3.8, 4) is 0 Å². The van der Waals surface area contributed by atoms with Crippen LogP contribution in [-0.2, 0) is 20.4 Å². The number of hydrogen-bond donors (Lipinski definition) is 2. The van der Waals surface area contributed by atoms with Gasteiger partial charge in [-0.15, -0.1) is 0 Å². The molecule has 0 bridgehead atoms. The molecule has 29 heavy (non-hydrogen) atoms. The Hall–Kier alpha value is -3.10. The highest BCUT2D eigenvalue weighted by Crippen LogP contribution is 2.27. The molecule has 0 aliphatic carbocycles. The number of amides is 2. The van der Waals surface area contributed by atoms with E-state index in [9.17, 15) is 18.0 Å². The second kappa shape index (κ2) is 8.50. The van der Waals surface area contributed by atoms with Crippen molar-refractivity contribution >= 4 is 44.6 Å². The van der Waals surface area contributed by atoms with Crippen molar-refractivity contribution in [1.82, 2.24) is 0 Å². The maximum absolute atomic E-state index is 12.6. The first-order valence-corrected chi connectivity index (χ1v) is 10.5. The van der Waals surface area contributed by atoms with Crippen LogP contribution in [0.3, 0.4) is 0 Å². The Labute approximate surface area is 172 Å². The summed E-state index contributed by atoms with van der Waals surface area (Å²) in [6, 6.07) is 14.0. The van der Waals surface area contributed by atoms with Crippen LogP contribution >= 0.6 is 11.6 Å². The molecular formula is C20H17ClN2O5S. The van der Waals surface area contributed by atoms with E-state index in [1.807, 2.05) is 0 Å². The van der Waals surface area contributed by atoms with E-state index >= 15 is 0 Å². The Morgan fingerprint density at radius 1 is 1.03 bits per heavy atom. The molecule has 7 nitrogen and oxygen atoms in total. The summed E-state index contributed by atoms with van der Waals surface area (Å²) < 4.78 is 30.4. The largest absolute Gasteiger partial charge is 0.459 e. The van der Waals surface area contributed by atoms with Crippen LogP contribution in [0.5, 0.6) is 0 Å². The fraction of sp³-hybridized carbons (Fsp3) is 0.100. The lowest BCUT2D eigenvalue weighted by molar-refractivity contribution is -0.114. The van der Waals surface area contributed by atoms with E-state index in [1.165, 1.54) is 43.5 Å². The first kappa shape index (κ1) is 20.6. The van der Waals surface area contributed by atoms with Crippen LogP contribution in [0.25, 0.3) is 0 Å². The summed E-state index contributed by atoms with van der Waals surface area (Å²) in [5, 5.41) is 5.37. The molecule has 2 amide bonds. The molecule has 9 heteroatoms. The molecule has 150 valence electrons. The number of nitrogens with one attached hydrogen (secondary N) is 2. The van der Waals surface area contributed by atoms with Gasteiger partial charge in [0.1, 0.15) is 0 Å². The van der Waals surface area contributed by atoms with Crippen LogP contribution in [0.15, 0.2) is 70.2 Å². The Kier molecular flexibility index (Phi) is 6.05. The minimum absolute atomic E-state index is 0.119. The first-order valence-electron chi connectivity index (χ1n) is 8.49. The number of benzene rings is 2. The number of anilines is 2. The fourth-order valence-corrected chi connectivity index (χ4v) is 4.24. The topological polar surface area (TPSA) is 105 Å². The molecule has 0 radical (unpaired) electrons. The highest BCUT2D eigenvalue weighted by atomic mass is 35.5. The molecule has 1 aromatic heterocycles. The molecule has 2 aromatic carbocycles. The van der Waals surface area contributed by atoms with Crippen LogP contribution in [0.2, 0.25) is 5.02 Å². The fourth-order valence-electron chi connectivity index (χ4n) is 2.64. The maximum atomic E-state index is 12.6. The van der Waals surface area contributed by atoms with Gasteiger partial charge in [-0.3, -0.25) is 9.59 Å². The zero-order valence-electron chi connectivity index (χ0n) is 15.3. The van der Waals surface area contributed by atoms with E-state index in [2.05, 4.69) is 10.6 Å². The molecule has 0 aliphatic rings. The molecule has 0 saturated heterocycles. The summed E-state index contributed by atoms with van der Waals surface area (Å²) in [6.07, 6.45) is 1.26. The van der Waals surface area contributed by atoms with Crippen LogP contribution in [0.1, 0.15) is 23.0 Å². The lowest BCUT2D eigenvalue weighted by Gasteiger charge is -2.09. The van der Waals surface area contributed by atoms with Gasteiger partial charge in [-0.2, -0.15) is 0 Å². The van der Waals surface area contributed by atoms with Crippen molar-refractivity contribution in [3.05, 3.63) is 77.2 Å². The second-order valence-electron chi connectivity index (χ2n) is 6.18. The summed E-state index contributed by atoms with van der Waals surface area (Å²) in [6.45, 7) is 1.37. The van der Waals surface area contributed by atoms with E-state index in [-0.39, 0.29) is 32.9 Å². The number of carbonyl (C=O) groups is 2. The van der Waals surface area contributed by atoms with E-state index in [0.29, 0.717) is 11.4 Å². The van der Waals surface area contributed by atoms with E-state index in [0.717, 1.165) is 0 Å². The van der Waals surface area contributed by atoms with Crippen LogP contribution in [0, 0.1) is 0 Å². The predicted octanol–water partition coefficient (Wildman–Crippen LogP) is 4.12. The zero-order chi connectivity index (χ0) is 21.0. The molecule has 0 unspecified atom stereocenters. The van der Waals surface area contributed by atoms with Crippen molar-refractivity contribution in [2.75, 3.05) is 10.6 Å². The summed E-state index contributed by atoms with van der Waals surface area (Å²) in [4.78, 5) is 23.9. The van der Waals surface area contributed by atoms with Crippen molar-refractivity contribution < 1.29 is 22.4 Å². The average Bonchev–Trinajstić information content (AvgIpc) is 3.11. The van der Waals surface area contributed by atoms with Crippen molar-refractivity contribution in [2.24, 2.45) is 0 Å². The number of furan rings is 1. The van der Waals surface area contributed by atoms with Gasteiger partial charge in [0.25, 0.3) is 5.91 Å². The summed E-state index contributed by atoms with van der Waals surface area (Å²) >= 11 is 6.15. The quantitative estimate of drug-likeness (QED) is 0.609. The molecule has 3 aromatic rings. The van der Waals surface area contributed by atoms with Gasteiger partial charge in [-0.1, -0.05) is 29.8 Å². The Morgan fingerprint density at radius 3 is 2.41 bits per heavy atom. The van der Waals surface area contributed by atoms with Gasteiger partial charge in [0.05, 0.1) is 27.6 Å². The Morgan fingerprint density at radius 2 is 1.76 bits per heavy atom. The number of halogens is 1. The third-order valence-electron chi connectivity index (χ3n) is 3.94. The highest BCUT2D eigenvalue weighted by Gasteiger charge is 2.23. The molecule has 0 saturated carbocycles. The van der Waals surface area contributed by atoms with Gasteiger partial charge in [0.2, 0.25) is 5.91 Å². The van der Waals surface area contributed by atoms with Gasteiger partial charge in [0, 0.05) is 18.2 Å². The van der Waals surface area contributed by atoms with Crippen LogP contribution in [-0.4, -0.2) is 20.2 Å². The SMILES string of the molecule is CC(=O)Nc1ccc(NC(=O)c2occc2CS(=O)(=O)c2ccccc2)c(Cl)c1. The normalized spacial score (nSPS) is 11.1. The number of hydrogen-bond acceptors (Lipinski definition) is 5. The van der Waals surface area contributed by atoms with Crippen LogP contribution < -0.4 is 10.6 Å². The van der Waals surface area contributed by atoms with Crippen molar-refractivity contribution in [3.63, 3.8) is 0 Å². The molecule has 2 N–H and O–H groups in total. The van der Waals surface area contributed by atoms with E-state index < -0.39 is 15.7 Å². The molecule has 3 rings (SSSR count). The van der Waals surface area contributed by atoms with Crippen molar-refractivity contribution in [1.29, 1.82) is 0 Å². The Bertz CT molecular complexity index is 1160. The van der Waals surface area contributed by atoms with Gasteiger partial charge in [0.15, 0.2) is 15.6 Å². The van der Waals surface area contributed by atoms with Crippen molar-refractivity contribution in [2.45, 2.75) is 17.6 Å². The summed E-state index contributed by atoms with van der Waals surface area (Å²) in [7, 11) is -3.64. The summed E-state index contributed by atoms with van der Waals surface area (Å²) in [5.41, 5.74) is 1.00. The third-order valence-corrected chi connectivity index (χ3v) is 5.93. The smallest absolute Gasteiger partial charge is 0.291 e. The first-order chi connectivity index (χ1) is 13.8. The lowest BCUT2D eigenvalue weighted by atomic mass is 10.2. The van der Waals surface area contributed by atoms with Gasteiger partial charge in [-0.25, -0.2) is 8.42 Å². The van der Waals surface area contributed by atoms with Gasteiger partial charge >= 0.3 is 0 Å². The van der Waals surface area contributed by atoms with Crippen LogP contribution in [0.4, 0.5) is 11.4 Å². The number of carbonyl (C=O) groups excluding carboxylic acids is 2. The molecule has 0 spiro atoms. The number of rotatable bonds is 6. The zero-order valence-corrected chi connectivity index (χ0v) is 16.9. The second-order valence-corrected chi connectivity index (χ2v) is 8.57. The molecule has 0 fully saturated rings. The summed E-state index contributed by atoms with van der Waals surface area (Å²) in [5.74, 6) is -1.39. The van der Waals surface area contributed by atoms with Gasteiger partial charge in [-0.05, 0) is 36.4 Å². The number of sulfone groups is 1. The predicted molar refractivity (Wildman–Crippen MR) is 110 cm³/mol. The van der Waals surface area contributed by atoms with E-state index in [1.54, 1.807) is 24.3 Å². The third kappa shape index (κ3) is 5.04. The minimum Gasteiger partial charge on any atom is -0.459 e. The molecule has 1 heterocycles. The average molecular weight is 433 g/mol. The lowest BCUT2D eigenvalue weighted by Crippen LogP contribution is -2.15. The molecule has 0 aliphatic heterocycles. The minimum atomic E-state index is -3.64. The van der Waals surface area contributed by atoms with E-state index in [4.69, 9.17) is 16.0 Å².